The molecule has 0 aliphatic carbocycles. The van der Waals surface area contributed by atoms with Gasteiger partial charge in [-0.15, -0.1) is 5.10 Å². The van der Waals surface area contributed by atoms with Crippen LogP contribution in [0.15, 0.2) is 36.5 Å². The summed E-state index contributed by atoms with van der Waals surface area (Å²) < 4.78 is 1.66. The van der Waals surface area contributed by atoms with Crippen molar-refractivity contribution in [3.63, 3.8) is 0 Å². The Kier molecular flexibility index (Phi) is 2.70. The number of fused-ring (bicyclic) bond motifs is 1. The number of pyridine rings is 1. The Morgan fingerprint density at radius 2 is 2.11 bits per heavy atom. The molecule has 1 aromatic carbocycles. The molecule has 0 radical (unpaired) electrons. The number of para-hydroxylation sites is 1. The molecule has 0 aliphatic heterocycles. The van der Waals surface area contributed by atoms with Crippen LogP contribution in [0.25, 0.3) is 16.7 Å². The fourth-order valence-electron chi connectivity index (χ4n) is 1.77. The molecular formula is C12H9ClN4O. The van der Waals surface area contributed by atoms with Crippen LogP contribution in [0.1, 0.15) is 5.56 Å². The van der Waals surface area contributed by atoms with Crippen LogP contribution >= 0.6 is 11.6 Å². The van der Waals surface area contributed by atoms with Gasteiger partial charge in [0, 0.05) is 5.56 Å². The van der Waals surface area contributed by atoms with E-state index < -0.39 is 0 Å². The van der Waals surface area contributed by atoms with Crippen LogP contribution in [0, 0.1) is 0 Å². The minimum absolute atomic E-state index is 0.160. The van der Waals surface area contributed by atoms with Crippen molar-refractivity contribution in [3.05, 3.63) is 47.2 Å². The highest BCUT2D eigenvalue weighted by Gasteiger charge is 2.08. The predicted octanol–water partition coefficient (Wildman–Crippen LogP) is 1.96. The topological polar surface area (TPSA) is 63.8 Å². The lowest BCUT2D eigenvalue weighted by molar-refractivity contribution is 0.281. The molecular weight excluding hydrogens is 252 g/mol. The van der Waals surface area contributed by atoms with E-state index in [4.69, 9.17) is 11.6 Å². The summed E-state index contributed by atoms with van der Waals surface area (Å²) in [7, 11) is 0. The van der Waals surface area contributed by atoms with E-state index in [0.29, 0.717) is 10.7 Å². The van der Waals surface area contributed by atoms with E-state index in [1.807, 2.05) is 24.3 Å². The Hall–Kier alpha value is -1.98. The van der Waals surface area contributed by atoms with Crippen molar-refractivity contribution in [1.29, 1.82) is 0 Å². The van der Waals surface area contributed by atoms with Gasteiger partial charge in [0.1, 0.15) is 10.7 Å². The summed E-state index contributed by atoms with van der Waals surface area (Å²) in [5.41, 5.74) is 2.97. The molecule has 90 valence electrons. The van der Waals surface area contributed by atoms with Gasteiger partial charge in [-0.2, -0.15) is 0 Å². The van der Waals surface area contributed by atoms with E-state index in [-0.39, 0.29) is 6.61 Å². The number of aliphatic hydroxyl groups excluding tert-OH is 1. The molecule has 0 spiro atoms. The molecule has 1 N–H and O–H groups in total. The van der Waals surface area contributed by atoms with E-state index >= 15 is 0 Å². The van der Waals surface area contributed by atoms with Gasteiger partial charge in [-0.3, -0.25) is 0 Å². The maximum absolute atomic E-state index is 9.18. The molecule has 0 fully saturated rings. The van der Waals surface area contributed by atoms with Crippen LogP contribution in [0.2, 0.25) is 5.15 Å². The molecule has 0 saturated heterocycles. The fraction of sp³-hybridized carbons (Fsp3) is 0.0833. The van der Waals surface area contributed by atoms with Crippen molar-refractivity contribution in [1.82, 2.24) is 20.0 Å². The second-order valence-corrected chi connectivity index (χ2v) is 4.15. The van der Waals surface area contributed by atoms with Gasteiger partial charge in [0.2, 0.25) is 0 Å². The van der Waals surface area contributed by atoms with Gasteiger partial charge in [-0.25, -0.2) is 9.67 Å². The van der Waals surface area contributed by atoms with Crippen LogP contribution in [-0.2, 0) is 6.61 Å². The number of halogens is 1. The smallest absolute Gasteiger partial charge is 0.134 e. The lowest BCUT2D eigenvalue weighted by atomic mass is 10.2. The van der Waals surface area contributed by atoms with E-state index in [9.17, 15) is 5.11 Å². The number of aromatic nitrogens is 4. The fourth-order valence-corrected chi connectivity index (χ4v) is 1.93. The molecule has 5 nitrogen and oxygen atoms in total. The van der Waals surface area contributed by atoms with Crippen LogP contribution in [0.5, 0.6) is 0 Å². The van der Waals surface area contributed by atoms with Crippen molar-refractivity contribution in [3.8, 4) is 5.69 Å². The molecule has 0 atom stereocenters. The number of benzene rings is 1. The van der Waals surface area contributed by atoms with Crippen molar-refractivity contribution in [2.24, 2.45) is 0 Å². The predicted molar refractivity (Wildman–Crippen MR) is 67.6 cm³/mol. The number of aliphatic hydroxyl groups is 1. The molecule has 2 heterocycles. The van der Waals surface area contributed by atoms with Crippen molar-refractivity contribution < 1.29 is 5.11 Å². The maximum Gasteiger partial charge on any atom is 0.134 e. The average Bonchev–Trinajstić information content (AvgIpc) is 2.83. The van der Waals surface area contributed by atoms with Gasteiger partial charge in [0.15, 0.2) is 0 Å². The molecule has 3 rings (SSSR count). The van der Waals surface area contributed by atoms with Crippen LogP contribution < -0.4 is 0 Å². The van der Waals surface area contributed by atoms with Gasteiger partial charge in [-0.1, -0.05) is 28.9 Å². The largest absolute Gasteiger partial charge is 0.392 e. The third-order valence-electron chi connectivity index (χ3n) is 2.66. The number of rotatable bonds is 2. The Morgan fingerprint density at radius 1 is 1.28 bits per heavy atom. The van der Waals surface area contributed by atoms with Gasteiger partial charge < -0.3 is 5.11 Å². The highest BCUT2D eigenvalue weighted by atomic mass is 35.5. The summed E-state index contributed by atoms with van der Waals surface area (Å²) in [5, 5.41) is 17.6. The molecule has 0 aliphatic rings. The number of hydrogen-bond acceptors (Lipinski definition) is 4. The Labute approximate surface area is 108 Å². The average molecular weight is 261 g/mol. The Balaban J connectivity index is 2.20. The molecule has 0 unspecified atom stereocenters. The highest BCUT2D eigenvalue weighted by molar-refractivity contribution is 6.30. The summed E-state index contributed by atoms with van der Waals surface area (Å²) in [4.78, 5) is 4.03. The zero-order valence-electron chi connectivity index (χ0n) is 9.29. The zero-order chi connectivity index (χ0) is 12.5. The van der Waals surface area contributed by atoms with Crippen LogP contribution in [-0.4, -0.2) is 25.1 Å². The third kappa shape index (κ3) is 1.73. The third-order valence-corrected chi connectivity index (χ3v) is 3.00. The molecule has 18 heavy (non-hydrogen) atoms. The SMILES string of the molecule is OCc1cc(-n2nnc3ccccc32)cnc1Cl. The number of nitrogens with zero attached hydrogens (tertiary/aromatic N) is 4. The maximum atomic E-state index is 9.18. The van der Waals surface area contributed by atoms with Crippen LogP contribution in [0.4, 0.5) is 0 Å². The van der Waals surface area contributed by atoms with Gasteiger partial charge >= 0.3 is 0 Å². The summed E-state index contributed by atoms with van der Waals surface area (Å²) in [6, 6.07) is 9.37. The van der Waals surface area contributed by atoms with E-state index in [1.165, 1.54) is 0 Å². The van der Waals surface area contributed by atoms with Crippen molar-refractivity contribution in [2.75, 3.05) is 0 Å². The Bertz CT molecular complexity index is 710. The second-order valence-electron chi connectivity index (χ2n) is 3.79. The molecule has 6 heteroatoms. The first-order chi connectivity index (χ1) is 8.79. The van der Waals surface area contributed by atoms with E-state index in [0.717, 1.165) is 16.7 Å². The molecule has 0 amide bonds. The first kappa shape index (κ1) is 11.1. The number of hydrogen-bond donors (Lipinski definition) is 1. The molecule has 0 bridgehead atoms. The summed E-state index contributed by atoms with van der Waals surface area (Å²) in [5.74, 6) is 0. The minimum atomic E-state index is -0.160. The normalized spacial score (nSPS) is 11.0. The summed E-state index contributed by atoms with van der Waals surface area (Å²) >= 11 is 5.86. The van der Waals surface area contributed by atoms with Crippen LogP contribution in [0.3, 0.4) is 0 Å². The second kappa shape index (κ2) is 4.36. The monoisotopic (exact) mass is 260 g/mol. The standard InChI is InChI=1S/C12H9ClN4O/c13-12-8(7-18)5-9(6-14-12)17-11-4-2-1-3-10(11)15-16-17/h1-6,18H,7H2. The summed E-state index contributed by atoms with van der Waals surface area (Å²) in [6.07, 6.45) is 1.60. The quantitative estimate of drug-likeness (QED) is 0.716. The first-order valence-corrected chi connectivity index (χ1v) is 5.73. The molecule has 3 aromatic rings. The summed E-state index contributed by atoms with van der Waals surface area (Å²) in [6.45, 7) is -0.160. The van der Waals surface area contributed by atoms with Gasteiger partial charge in [0.05, 0.1) is 24.0 Å². The minimum Gasteiger partial charge on any atom is -0.392 e. The first-order valence-electron chi connectivity index (χ1n) is 5.35. The van der Waals surface area contributed by atoms with Gasteiger partial charge in [-0.05, 0) is 18.2 Å². The zero-order valence-corrected chi connectivity index (χ0v) is 10.0. The van der Waals surface area contributed by atoms with Gasteiger partial charge in [0.25, 0.3) is 0 Å². The van der Waals surface area contributed by atoms with Crippen molar-refractivity contribution in [2.45, 2.75) is 6.61 Å². The lowest BCUT2D eigenvalue weighted by Crippen LogP contribution is -2.00. The molecule has 0 saturated carbocycles. The van der Waals surface area contributed by atoms with Crippen molar-refractivity contribution >= 4 is 22.6 Å². The van der Waals surface area contributed by atoms with E-state index in [2.05, 4.69) is 15.3 Å². The highest BCUT2D eigenvalue weighted by Crippen LogP contribution is 2.19. The lowest BCUT2D eigenvalue weighted by Gasteiger charge is -2.05. The van der Waals surface area contributed by atoms with E-state index in [1.54, 1.807) is 16.9 Å². The Morgan fingerprint density at radius 3 is 2.94 bits per heavy atom. The molecule has 2 aromatic heterocycles.